The molecule has 104 valence electrons. The Morgan fingerprint density at radius 2 is 2.00 bits per heavy atom. The minimum atomic E-state index is -3.54. The summed E-state index contributed by atoms with van der Waals surface area (Å²) in [6.45, 7) is 7.24. The molecule has 1 aliphatic carbocycles. The minimum absolute atomic E-state index is 0.149. The highest BCUT2D eigenvalue weighted by Crippen LogP contribution is 2.43. The molecule has 5 nitrogen and oxygen atoms in total. The summed E-state index contributed by atoms with van der Waals surface area (Å²) in [4.78, 5) is 10.9. The van der Waals surface area contributed by atoms with Gasteiger partial charge in [-0.3, -0.25) is 8.98 Å². The van der Waals surface area contributed by atoms with Gasteiger partial charge in [-0.15, -0.1) is 0 Å². The van der Waals surface area contributed by atoms with Gasteiger partial charge in [-0.25, -0.2) is 0 Å². The number of hydrogen-bond acceptors (Lipinski definition) is 5. The van der Waals surface area contributed by atoms with Crippen LogP contribution in [0.25, 0.3) is 0 Å². The standard InChI is InChI=1S/C12H20O5S/c1-8-6-12(3,4)10(7-16-9(2)13)11(8)17-18(5,14)15/h6,10-11H,7H2,1-5H3. The van der Waals surface area contributed by atoms with Crippen molar-refractivity contribution in [2.75, 3.05) is 12.9 Å². The third-order valence-corrected chi connectivity index (χ3v) is 3.67. The molecule has 18 heavy (non-hydrogen) atoms. The largest absolute Gasteiger partial charge is 0.465 e. The molecule has 0 bridgehead atoms. The van der Waals surface area contributed by atoms with E-state index >= 15 is 0 Å². The second-order valence-corrected chi connectivity index (χ2v) is 6.94. The lowest BCUT2D eigenvalue weighted by atomic mass is 9.81. The summed E-state index contributed by atoms with van der Waals surface area (Å²) in [5.74, 6) is -0.579. The number of carbonyl (C=O) groups excluding carboxylic acids is 1. The molecule has 1 rings (SSSR count). The molecule has 0 spiro atoms. The number of rotatable bonds is 4. The lowest BCUT2D eigenvalue weighted by Gasteiger charge is -2.29. The zero-order valence-electron chi connectivity index (χ0n) is 11.4. The first-order valence-electron chi connectivity index (χ1n) is 5.74. The van der Waals surface area contributed by atoms with Crippen LogP contribution in [0.2, 0.25) is 0 Å². The van der Waals surface area contributed by atoms with E-state index in [9.17, 15) is 13.2 Å². The number of allylic oxidation sites excluding steroid dienone is 1. The van der Waals surface area contributed by atoms with Gasteiger partial charge in [0.1, 0.15) is 6.10 Å². The lowest BCUT2D eigenvalue weighted by molar-refractivity contribution is -0.144. The topological polar surface area (TPSA) is 69.7 Å². The fourth-order valence-electron chi connectivity index (χ4n) is 2.32. The summed E-state index contributed by atoms with van der Waals surface area (Å²) in [6, 6.07) is 0. The van der Waals surface area contributed by atoms with Crippen LogP contribution in [0.1, 0.15) is 27.7 Å². The molecular formula is C12H20O5S. The number of ether oxygens (including phenoxy) is 1. The molecule has 0 aliphatic heterocycles. The first kappa shape index (κ1) is 15.2. The predicted octanol–water partition coefficient (Wildman–Crippen LogP) is 1.50. The van der Waals surface area contributed by atoms with E-state index in [1.807, 2.05) is 26.8 Å². The summed E-state index contributed by atoms with van der Waals surface area (Å²) in [5.41, 5.74) is 0.581. The second kappa shape index (κ2) is 5.01. The molecule has 2 atom stereocenters. The smallest absolute Gasteiger partial charge is 0.302 e. The monoisotopic (exact) mass is 276 g/mol. The zero-order chi connectivity index (χ0) is 14.1. The summed E-state index contributed by atoms with van der Waals surface area (Å²) in [5, 5.41) is 0. The Balaban J connectivity index is 2.91. The minimum Gasteiger partial charge on any atom is -0.465 e. The van der Waals surface area contributed by atoms with Crippen LogP contribution in [0.4, 0.5) is 0 Å². The second-order valence-electron chi connectivity index (χ2n) is 5.34. The maximum atomic E-state index is 11.3. The van der Waals surface area contributed by atoms with E-state index in [1.54, 1.807) is 0 Å². The Morgan fingerprint density at radius 3 is 2.44 bits per heavy atom. The van der Waals surface area contributed by atoms with Crippen molar-refractivity contribution in [3.05, 3.63) is 11.6 Å². The van der Waals surface area contributed by atoms with E-state index in [0.717, 1.165) is 11.8 Å². The van der Waals surface area contributed by atoms with E-state index in [1.165, 1.54) is 6.92 Å². The van der Waals surface area contributed by atoms with Crippen LogP contribution < -0.4 is 0 Å². The van der Waals surface area contributed by atoms with Gasteiger partial charge in [-0.1, -0.05) is 19.9 Å². The maximum absolute atomic E-state index is 11.3. The molecule has 0 N–H and O–H groups in total. The van der Waals surface area contributed by atoms with Crippen molar-refractivity contribution in [1.29, 1.82) is 0 Å². The molecule has 1 aliphatic rings. The summed E-state index contributed by atoms with van der Waals surface area (Å²) in [6.07, 6.45) is 2.43. The van der Waals surface area contributed by atoms with E-state index in [-0.39, 0.29) is 23.9 Å². The van der Waals surface area contributed by atoms with Crippen LogP contribution in [0.3, 0.4) is 0 Å². The van der Waals surface area contributed by atoms with Crippen LogP contribution in [0, 0.1) is 11.3 Å². The van der Waals surface area contributed by atoms with Gasteiger partial charge in [0.05, 0.1) is 12.9 Å². The molecule has 2 unspecified atom stereocenters. The third kappa shape index (κ3) is 3.81. The summed E-state index contributed by atoms with van der Waals surface area (Å²) < 4.78 is 32.7. The van der Waals surface area contributed by atoms with Gasteiger partial charge in [0.2, 0.25) is 0 Å². The van der Waals surface area contributed by atoms with Gasteiger partial charge in [-0.05, 0) is 17.9 Å². The van der Waals surface area contributed by atoms with Gasteiger partial charge < -0.3 is 4.74 Å². The Labute approximate surface area is 108 Å². The van der Waals surface area contributed by atoms with Crippen molar-refractivity contribution in [2.45, 2.75) is 33.8 Å². The molecule has 0 aromatic carbocycles. The number of hydrogen-bond donors (Lipinski definition) is 0. The first-order valence-corrected chi connectivity index (χ1v) is 7.55. The van der Waals surface area contributed by atoms with Crippen LogP contribution in [0.5, 0.6) is 0 Å². The number of carbonyl (C=O) groups is 1. The lowest BCUT2D eigenvalue weighted by Crippen LogP contribution is -2.35. The van der Waals surface area contributed by atoms with Crippen LogP contribution in [-0.4, -0.2) is 33.4 Å². The van der Waals surface area contributed by atoms with Crippen LogP contribution in [0.15, 0.2) is 11.6 Å². The molecule has 0 saturated carbocycles. The number of esters is 1. The average Bonchev–Trinajstić information content (AvgIpc) is 2.31. The highest BCUT2D eigenvalue weighted by atomic mass is 32.2. The SMILES string of the molecule is CC(=O)OCC1C(OS(C)(=O)=O)C(C)=CC1(C)C. The molecular weight excluding hydrogens is 256 g/mol. The molecule has 0 aromatic heterocycles. The fourth-order valence-corrected chi connectivity index (χ4v) is 2.99. The van der Waals surface area contributed by atoms with Gasteiger partial charge in [0, 0.05) is 12.8 Å². The highest BCUT2D eigenvalue weighted by Gasteiger charge is 2.43. The van der Waals surface area contributed by atoms with E-state index in [4.69, 9.17) is 8.92 Å². The zero-order valence-corrected chi connectivity index (χ0v) is 12.2. The van der Waals surface area contributed by atoms with Gasteiger partial charge in [0.15, 0.2) is 0 Å². The predicted molar refractivity (Wildman–Crippen MR) is 67.4 cm³/mol. The summed E-state index contributed by atoms with van der Waals surface area (Å²) in [7, 11) is -3.54. The van der Waals surface area contributed by atoms with Gasteiger partial charge >= 0.3 is 5.97 Å². The molecule has 6 heteroatoms. The van der Waals surface area contributed by atoms with Crippen molar-refractivity contribution in [3.63, 3.8) is 0 Å². The van der Waals surface area contributed by atoms with Crippen molar-refractivity contribution in [1.82, 2.24) is 0 Å². The molecule has 0 aromatic rings. The van der Waals surface area contributed by atoms with Crippen molar-refractivity contribution in [2.24, 2.45) is 11.3 Å². The Morgan fingerprint density at radius 1 is 1.44 bits per heavy atom. The first-order chi connectivity index (χ1) is 8.03. The normalized spacial score (nSPS) is 26.8. The molecule has 0 heterocycles. The molecule has 0 radical (unpaired) electrons. The van der Waals surface area contributed by atoms with Crippen LogP contribution >= 0.6 is 0 Å². The maximum Gasteiger partial charge on any atom is 0.302 e. The Bertz CT molecular complexity index is 461. The molecule has 0 amide bonds. The van der Waals surface area contributed by atoms with Crippen molar-refractivity contribution >= 4 is 16.1 Å². The van der Waals surface area contributed by atoms with Gasteiger partial charge in [0.25, 0.3) is 10.1 Å². The van der Waals surface area contributed by atoms with E-state index in [2.05, 4.69) is 0 Å². The van der Waals surface area contributed by atoms with Gasteiger partial charge in [-0.2, -0.15) is 8.42 Å². The third-order valence-electron chi connectivity index (χ3n) is 3.11. The van der Waals surface area contributed by atoms with Crippen LogP contribution in [-0.2, 0) is 23.8 Å². The van der Waals surface area contributed by atoms with E-state index in [0.29, 0.717) is 0 Å². The quantitative estimate of drug-likeness (QED) is 0.442. The Hall–Kier alpha value is -0.880. The van der Waals surface area contributed by atoms with Crippen molar-refractivity contribution < 1.29 is 22.1 Å². The summed E-state index contributed by atoms with van der Waals surface area (Å²) >= 11 is 0. The molecule has 0 fully saturated rings. The highest BCUT2D eigenvalue weighted by molar-refractivity contribution is 7.86. The fraction of sp³-hybridized carbons (Fsp3) is 0.750. The Kier molecular flexibility index (Phi) is 4.23. The molecule has 0 saturated heterocycles. The average molecular weight is 276 g/mol. The van der Waals surface area contributed by atoms with E-state index < -0.39 is 16.2 Å². The van der Waals surface area contributed by atoms with Crippen molar-refractivity contribution in [3.8, 4) is 0 Å².